The third-order valence-electron chi connectivity index (χ3n) is 7.39. The molecule has 4 aliphatic rings. The zero-order valence-electron chi connectivity index (χ0n) is 16.7. The minimum Gasteiger partial charge on any atom is -0.478 e. The first kappa shape index (κ1) is 18.9. The van der Waals surface area contributed by atoms with Gasteiger partial charge in [-0.1, -0.05) is 30.0 Å². The summed E-state index contributed by atoms with van der Waals surface area (Å²) in [6.45, 7) is 0. The average molecular weight is 400 g/mol. The van der Waals surface area contributed by atoms with E-state index in [1.807, 2.05) is 12.1 Å². The quantitative estimate of drug-likeness (QED) is 0.715. The van der Waals surface area contributed by atoms with Crippen molar-refractivity contribution < 1.29 is 19.8 Å². The zero-order valence-corrected chi connectivity index (χ0v) is 16.7. The summed E-state index contributed by atoms with van der Waals surface area (Å²) < 4.78 is 0. The second-order valence-electron chi connectivity index (χ2n) is 9.36. The van der Waals surface area contributed by atoms with Crippen molar-refractivity contribution in [2.45, 2.75) is 43.9 Å². The van der Waals surface area contributed by atoms with Crippen LogP contribution in [0.15, 0.2) is 42.5 Å². The largest absolute Gasteiger partial charge is 0.478 e. The fraction of sp³-hybridized carbons (Fsp3) is 0.385. The van der Waals surface area contributed by atoms with Crippen LogP contribution < -0.4 is 0 Å². The Hall–Kier alpha value is -3.06. The van der Waals surface area contributed by atoms with E-state index in [0.29, 0.717) is 5.41 Å². The molecule has 6 rings (SSSR count). The highest BCUT2D eigenvalue weighted by Crippen LogP contribution is 2.60. The summed E-state index contributed by atoms with van der Waals surface area (Å²) in [5.41, 5.74) is 2.36. The summed E-state index contributed by atoms with van der Waals surface area (Å²) in [7, 11) is 0. The Labute approximate surface area is 175 Å². The summed E-state index contributed by atoms with van der Waals surface area (Å²) in [4.78, 5) is 23.0. The van der Waals surface area contributed by atoms with Gasteiger partial charge in [-0.2, -0.15) is 0 Å². The Morgan fingerprint density at radius 2 is 1.27 bits per heavy atom. The Kier molecular flexibility index (Phi) is 4.43. The van der Waals surface area contributed by atoms with Gasteiger partial charge < -0.3 is 10.2 Å². The predicted octanol–water partition coefficient (Wildman–Crippen LogP) is 4.95. The van der Waals surface area contributed by atoms with Crippen LogP contribution in [0, 0.1) is 29.6 Å². The molecule has 152 valence electrons. The van der Waals surface area contributed by atoms with Crippen molar-refractivity contribution in [3.8, 4) is 11.8 Å². The van der Waals surface area contributed by atoms with Crippen molar-refractivity contribution in [1.29, 1.82) is 0 Å². The number of carbonyl (C=O) groups is 2. The van der Waals surface area contributed by atoms with Crippen molar-refractivity contribution >= 4 is 11.9 Å². The van der Waals surface area contributed by atoms with E-state index in [1.54, 1.807) is 0 Å². The first-order valence-electron chi connectivity index (χ1n) is 10.7. The Balaban J connectivity index is 1.45. The van der Waals surface area contributed by atoms with Crippen molar-refractivity contribution in [3.05, 3.63) is 70.3 Å². The number of hydrogen-bond acceptors (Lipinski definition) is 2. The first-order valence-corrected chi connectivity index (χ1v) is 10.7. The molecule has 4 heteroatoms. The lowest BCUT2D eigenvalue weighted by atomic mass is 9.48. The summed E-state index contributed by atoms with van der Waals surface area (Å²) in [6, 6.07) is 12.5. The average Bonchev–Trinajstić information content (AvgIpc) is 2.71. The van der Waals surface area contributed by atoms with Gasteiger partial charge in [-0.3, -0.25) is 0 Å². The van der Waals surface area contributed by atoms with Gasteiger partial charge >= 0.3 is 11.9 Å². The van der Waals surface area contributed by atoms with Crippen molar-refractivity contribution in [2.75, 3.05) is 0 Å². The summed E-state index contributed by atoms with van der Waals surface area (Å²) in [5.74, 6) is 6.08. The minimum absolute atomic E-state index is 0.0441. The molecule has 0 heterocycles. The lowest BCUT2D eigenvalue weighted by molar-refractivity contribution is -0.00519. The molecule has 4 nitrogen and oxygen atoms in total. The van der Waals surface area contributed by atoms with E-state index in [-0.39, 0.29) is 16.7 Å². The van der Waals surface area contributed by atoms with E-state index in [9.17, 15) is 19.8 Å². The van der Waals surface area contributed by atoms with E-state index < -0.39 is 11.9 Å². The molecule has 0 atom stereocenters. The smallest absolute Gasteiger partial charge is 0.336 e. The van der Waals surface area contributed by atoms with Gasteiger partial charge in [0.1, 0.15) is 0 Å². The van der Waals surface area contributed by atoms with Gasteiger partial charge in [0.15, 0.2) is 0 Å². The monoisotopic (exact) mass is 400 g/mol. The standard InChI is InChI=1S/C26H24O4/c27-24(28)22-2-1-3-23(25(29)30)21(22)9-6-16-4-7-20(8-5-16)26-13-17-10-18(14-26)12-19(11-17)15-26/h1-5,7-8,17-19H,10-15H2,(H,27,28)(H,29,30). The molecule has 2 aromatic carbocycles. The highest BCUT2D eigenvalue weighted by atomic mass is 16.4. The van der Waals surface area contributed by atoms with Crippen molar-refractivity contribution in [3.63, 3.8) is 0 Å². The normalized spacial score (nSPS) is 28.6. The molecule has 0 spiro atoms. The van der Waals surface area contributed by atoms with Crippen LogP contribution in [-0.2, 0) is 5.41 Å². The molecule has 30 heavy (non-hydrogen) atoms. The van der Waals surface area contributed by atoms with Crippen LogP contribution >= 0.6 is 0 Å². The summed E-state index contributed by atoms with van der Waals surface area (Å²) in [6.07, 6.45) is 8.15. The van der Waals surface area contributed by atoms with E-state index in [0.717, 1.165) is 23.3 Å². The van der Waals surface area contributed by atoms with Crippen LogP contribution in [0.1, 0.15) is 75.9 Å². The third-order valence-corrected chi connectivity index (χ3v) is 7.39. The van der Waals surface area contributed by atoms with Crippen molar-refractivity contribution in [1.82, 2.24) is 0 Å². The maximum absolute atomic E-state index is 11.5. The molecule has 2 N–H and O–H groups in total. The Morgan fingerprint density at radius 1 is 0.767 bits per heavy atom. The number of benzene rings is 2. The molecule has 4 aliphatic carbocycles. The molecule has 4 saturated carbocycles. The molecular weight excluding hydrogens is 376 g/mol. The van der Waals surface area contributed by atoms with Crippen LogP contribution in [0.2, 0.25) is 0 Å². The number of hydrogen-bond donors (Lipinski definition) is 2. The molecule has 0 amide bonds. The van der Waals surface area contributed by atoms with Gasteiger partial charge in [0.25, 0.3) is 0 Å². The third kappa shape index (κ3) is 3.19. The Bertz CT molecular complexity index is 1020. The molecule has 0 aliphatic heterocycles. The molecule has 0 radical (unpaired) electrons. The van der Waals surface area contributed by atoms with Crippen LogP contribution in [0.25, 0.3) is 0 Å². The fourth-order valence-electron chi connectivity index (χ4n) is 6.55. The number of rotatable bonds is 3. The molecule has 2 aromatic rings. The maximum atomic E-state index is 11.5. The molecule has 0 unspecified atom stereocenters. The lowest BCUT2D eigenvalue weighted by Crippen LogP contribution is -2.48. The minimum atomic E-state index is -1.18. The van der Waals surface area contributed by atoms with Gasteiger partial charge in [0.05, 0.1) is 16.7 Å². The fourth-order valence-corrected chi connectivity index (χ4v) is 6.55. The number of carboxylic acids is 2. The molecule has 4 bridgehead atoms. The zero-order chi connectivity index (χ0) is 20.9. The van der Waals surface area contributed by atoms with Crippen molar-refractivity contribution in [2.24, 2.45) is 17.8 Å². The molecule has 0 aromatic heterocycles. The van der Waals surface area contributed by atoms with Gasteiger partial charge in [0, 0.05) is 5.56 Å². The highest BCUT2D eigenvalue weighted by Gasteiger charge is 2.51. The van der Waals surface area contributed by atoms with Crippen LogP contribution in [0.4, 0.5) is 0 Å². The van der Waals surface area contributed by atoms with Gasteiger partial charge in [0.2, 0.25) is 0 Å². The first-order chi connectivity index (χ1) is 14.4. The second-order valence-corrected chi connectivity index (χ2v) is 9.36. The van der Waals surface area contributed by atoms with E-state index in [2.05, 4.69) is 24.0 Å². The van der Waals surface area contributed by atoms with E-state index >= 15 is 0 Å². The number of aromatic carboxylic acids is 2. The van der Waals surface area contributed by atoms with Gasteiger partial charge in [-0.05, 0) is 91.5 Å². The topological polar surface area (TPSA) is 74.6 Å². The summed E-state index contributed by atoms with van der Waals surface area (Å²) >= 11 is 0. The molecule has 4 fully saturated rings. The lowest BCUT2D eigenvalue weighted by Gasteiger charge is -2.57. The van der Waals surface area contributed by atoms with Gasteiger partial charge in [-0.15, -0.1) is 0 Å². The second kappa shape index (κ2) is 7.02. The van der Waals surface area contributed by atoms with E-state index in [4.69, 9.17) is 0 Å². The van der Waals surface area contributed by atoms with Crippen LogP contribution in [0.5, 0.6) is 0 Å². The van der Waals surface area contributed by atoms with Crippen LogP contribution in [-0.4, -0.2) is 22.2 Å². The SMILES string of the molecule is O=C(O)c1cccc(C(=O)O)c1C#Cc1ccc(C23CC4CC(CC(C4)C2)C3)cc1. The van der Waals surface area contributed by atoms with Gasteiger partial charge in [-0.25, -0.2) is 9.59 Å². The van der Waals surface area contributed by atoms with Crippen LogP contribution in [0.3, 0.4) is 0 Å². The van der Waals surface area contributed by atoms with E-state index in [1.165, 1.54) is 62.3 Å². The predicted molar refractivity (Wildman–Crippen MR) is 113 cm³/mol. The Morgan fingerprint density at radius 3 is 1.73 bits per heavy atom. The number of carboxylic acid groups (broad SMARTS) is 2. The highest BCUT2D eigenvalue weighted by molar-refractivity contribution is 5.98. The maximum Gasteiger partial charge on any atom is 0.336 e. The summed E-state index contributed by atoms with van der Waals surface area (Å²) in [5, 5.41) is 18.8. The molecule has 0 saturated heterocycles. The molecular formula is C26H24O4.